The van der Waals surface area contributed by atoms with E-state index >= 15 is 0 Å². The predicted octanol–water partition coefficient (Wildman–Crippen LogP) is 5.01. The first-order chi connectivity index (χ1) is 9.81. The minimum absolute atomic E-state index is 0.420. The number of halogens is 1. The summed E-state index contributed by atoms with van der Waals surface area (Å²) in [6.07, 6.45) is 1.11. The molecule has 2 heterocycles. The van der Waals surface area contributed by atoms with Crippen LogP contribution in [0.15, 0.2) is 46.9 Å². The summed E-state index contributed by atoms with van der Waals surface area (Å²) in [5.74, 6) is 0.420. The molecule has 0 bridgehead atoms. The molecule has 100 valence electrons. The Morgan fingerprint density at radius 1 is 1.20 bits per heavy atom. The van der Waals surface area contributed by atoms with Crippen molar-refractivity contribution in [2.24, 2.45) is 0 Å². The molecule has 0 radical (unpaired) electrons. The molecule has 1 aliphatic rings. The molecule has 1 N–H and O–H groups in total. The van der Waals surface area contributed by atoms with Gasteiger partial charge in [-0.15, -0.1) is 11.3 Å². The predicted molar refractivity (Wildman–Crippen MR) is 88.7 cm³/mol. The lowest BCUT2D eigenvalue weighted by molar-refractivity contribution is 0.716. The normalized spacial score (nSPS) is 17.8. The van der Waals surface area contributed by atoms with E-state index in [2.05, 4.69) is 63.7 Å². The van der Waals surface area contributed by atoms with Gasteiger partial charge in [0.05, 0.1) is 10.2 Å². The van der Waals surface area contributed by atoms with Crippen LogP contribution in [0, 0.1) is 0 Å². The van der Waals surface area contributed by atoms with Crippen LogP contribution in [0.2, 0.25) is 0 Å². The number of nitrogens with one attached hydrogen (secondary N) is 1. The van der Waals surface area contributed by atoms with Crippen LogP contribution in [0.5, 0.6) is 0 Å². The fourth-order valence-electron chi connectivity index (χ4n) is 2.79. The van der Waals surface area contributed by atoms with Crippen molar-refractivity contribution < 1.29 is 0 Å². The van der Waals surface area contributed by atoms with Gasteiger partial charge in [0.2, 0.25) is 0 Å². The van der Waals surface area contributed by atoms with Gasteiger partial charge in [-0.05, 0) is 36.2 Å². The zero-order valence-corrected chi connectivity index (χ0v) is 13.2. The van der Waals surface area contributed by atoms with E-state index in [1.54, 1.807) is 0 Å². The zero-order chi connectivity index (χ0) is 13.5. The molecule has 0 saturated heterocycles. The molecule has 0 aliphatic carbocycles. The van der Waals surface area contributed by atoms with E-state index in [1.807, 2.05) is 11.3 Å². The Balaban J connectivity index is 1.84. The van der Waals surface area contributed by atoms with Crippen molar-refractivity contribution in [2.75, 3.05) is 11.9 Å². The molecule has 3 aromatic rings. The minimum atomic E-state index is 0.420. The second-order valence-corrected chi connectivity index (χ2v) is 7.00. The highest BCUT2D eigenvalue weighted by atomic mass is 79.9. The highest BCUT2D eigenvalue weighted by Gasteiger charge is 2.24. The van der Waals surface area contributed by atoms with Gasteiger partial charge in [-0.3, -0.25) is 0 Å². The Hall–Kier alpha value is -1.39. The van der Waals surface area contributed by atoms with Crippen LogP contribution in [0.1, 0.15) is 22.9 Å². The molecule has 4 heteroatoms. The number of nitrogens with zero attached hydrogens (tertiary/aromatic N) is 1. The molecule has 0 amide bonds. The summed E-state index contributed by atoms with van der Waals surface area (Å²) in [5.41, 5.74) is 3.73. The number of fused-ring (bicyclic) bond motifs is 2. The standard InChI is InChI=1S/C16H13BrN2S/c17-10-5-6-14-15(9-10)20-16(19-14)12-7-8-18-13-4-2-1-3-11(12)13/h1-6,9,12,18H,7-8H2. The summed E-state index contributed by atoms with van der Waals surface area (Å²) >= 11 is 5.35. The summed E-state index contributed by atoms with van der Waals surface area (Å²) in [6.45, 7) is 1.02. The maximum Gasteiger partial charge on any atom is 0.101 e. The Labute approximate surface area is 130 Å². The van der Waals surface area contributed by atoms with Gasteiger partial charge in [-0.25, -0.2) is 4.98 Å². The van der Waals surface area contributed by atoms with Crippen molar-refractivity contribution in [3.8, 4) is 0 Å². The number of aromatic nitrogens is 1. The maximum atomic E-state index is 4.85. The molecule has 0 fully saturated rings. The molecule has 2 nitrogen and oxygen atoms in total. The number of thiazole rings is 1. The number of rotatable bonds is 1. The van der Waals surface area contributed by atoms with Gasteiger partial charge in [-0.1, -0.05) is 34.1 Å². The average molecular weight is 345 g/mol. The molecule has 1 atom stereocenters. The SMILES string of the molecule is Brc1ccc2nc(C3CCNc4ccccc43)sc2c1. The first-order valence-electron chi connectivity index (χ1n) is 6.70. The average Bonchev–Trinajstić information content (AvgIpc) is 2.89. The third-order valence-corrected chi connectivity index (χ3v) is 5.37. The Kier molecular flexibility index (Phi) is 3.00. The van der Waals surface area contributed by atoms with Crippen molar-refractivity contribution in [1.29, 1.82) is 0 Å². The van der Waals surface area contributed by atoms with E-state index < -0.39 is 0 Å². The smallest absolute Gasteiger partial charge is 0.101 e. The van der Waals surface area contributed by atoms with Gasteiger partial charge in [0.1, 0.15) is 5.01 Å². The molecule has 1 aliphatic heterocycles. The van der Waals surface area contributed by atoms with Crippen molar-refractivity contribution in [3.05, 3.63) is 57.5 Å². The van der Waals surface area contributed by atoms with Crippen LogP contribution in [-0.4, -0.2) is 11.5 Å². The molecule has 1 aromatic heterocycles. The maximum absolute atomic E-state index is 4.85. The lowest BCUT2D eigenvalue weighted by atomic mass is 9.91. The third kappa shape index (κ3) is 2.03. The van der Waals surface area contributed by atoms with Crippen LogP contribution in [0.25, 0.3) is 10.2 Å². The quantitative estimate of drug-likeness (QED) is 0.671. The molecule has 20 heavy (non-hydrogen) atoms. The van der Waals surface area contributed by atoms with Gasteiger partial charge in [0, 0.05) is 22.6 Å². The Morgan fingerprint density at radius 3 is 3.05 bits per heavy atom. The van der Waals surface area contributed by atoms with Crippen LogP contribution in [0.3, 0.4) is 0 Å². The lowest BCUT2D eigenvalue weighted by Crippen LogP contribution is -2.17. The monoisotopic (exact) mass is 344 g/mol. The van der Waals surface area contributed by atoms with E-state index in [4.69, 9.17) is 4.98 Å². The number of anilines is 1. The highest BCUT2D eigenvalue weighted by Crippen LogP contribution is 2.39. The van der Waals surface area contributed by atoms with Crippen LogP contribution < -0.4 is 5.32 Å². The number of para-hydroxylation sites is 1. The summed E-state index contributed by atoms with van der Waals surface area (Å²) in [7, 11) is 0. The summed E-state index contributed by atoms with van der Waals surface area (Å²) in [4.78, 5) is 4.85. The first-order valence-corrected chi connectivity index (χ1v) is 8.31. The topological polar surface area (TPSA) is 24.9 Å². The number of benzene rings is 2. The first kappa shape index (κ1) is 12.4. The molecule has 2 aromatic carbocycles. The van der Waals surface area contributed by atoms with E-state index in [1.165, 1.54) is 21.0 Å². The van der Waals surface area contributed by atoms with Crippen LogP contribution >= 0.6 is 27.3 Å². The molecular formula is C16H13BrN2S. The molecule has 1 unspecified atom stereocenters. The Bertz CT molecular complexity index is 781. The minimum Gasteiger partial charge on any atom is -0.385 e. The fraction of sp³-hybridized carbons (Fsp3) is 0.188. The van der Waals surface area contributed by atoms with Crippen LogP contribution in [0.4, 0.5) is 5.69 Å². The Morgan fingerprint density at radius 2 is 2.10 bits per heavy atom. The molecule has 0 saturated carbocycles. The second-order valence-electron chi connectivity index (χ2n) is 5.02. The van der Waals surface area contributed by atoms with E-state index in [0.29, 0.717) is 5.92 Å². The van der Waals surface area contributed by atoms with Crippen molar-refractivity contribution in [2.45, 2.75) is 12.3 Å². The fourth-order valence-corrected chi connectivity index (χ4v) is 4.46. The largest absolute Gasteiger partial charge is 0.385 e. The second kappa shape index (κ2) is 4.86. The van der Waals surface area contributed by atoms with Crippen molar-refractivity contribution in [1.82, 2.24) is 4.98 Å². The summed E-state index contributed by atoms with van der Waals surface area (Å²) in [5, 5.41) is 4.70. The summed E-state index contributed by atoms with van der Waals surface area (Å²) < 4.78 is 2.37. The van der Waals surface area contributed by atoms with Gasteiger partial charge < -0.3 is 5.32 Å². The number of hydrogen-bond acceptors (Lipinski definition) is 3. The van der Waals surface area contributed by atoms with Gasteiger partial charge in [0.15, 0.2) is 0 Å². The zero-order valence-electron chi connectivity index (χ0n) is 10.8. The van der Waals surface area contributed by atoms with Crippen LogP contribution in [-0.2, 0) is 0 Å². The van der Waals surface area contributed by atoms with Gasteiger partial charge in [-0.2, -0.15) is 0 Å². The van der Waals surface area contributed by atoms with E-state index in [-0.39, 0.29) is 0 Å². The van der Waals surface area contributed by atoms with Gasteiger partial charge in [0.25, 0.3) is 0 Å². The van der Waals surface area contributed by atoms with Gasteiger partial charge >= 0.3 is 0 Å². The number of hydrogen-bond donors (Lipinski definition) is 1. The van der Waals surface area contributed by atoms with E-state index in [9.17, 15) is 0 Å². The van der Waals surface area contributed by atoms with E-state index in [0.717, 1.165) is 23.0 Å². The summed E-state index contributed by atoms with van der Waals surface area (Å²) in [6, 6.07) is 14.9. The molecular weight excluding hydrogens is 332 g/mol. The third-order valence-electron chi connectivity index (χ3n) is 3.75. The van der Waals surface area contributed by atoms with Crippen molar-refractivity contribution in [3.63, 3.8) is 0 Å². The molecule has 0 spiro atoms. The van der Waals surface area contributed by atoms with Crippen molar-refractivity contribution >= 4 is 43.2 Å². The molecule has 4 rings (SSSR count). The lowest BCUT2D eigenvalue weighted by Gasteiger charge is -2.25. The highest BCUT2D eigenvalue weighted by molar-refractivity contribution is 9.10.